The van der Waals surface area contributed by atoms with Gasteiger partial charge in [0.1, 0.15) is 5.60 Å². The summed E-state index contributed by atoms with van der Waals surface area (Å²) in [6, 6.07) is 1.80. The van der Waals surface area contributed by atoms with Crippen LogP contribution in [0, 0.1) is 0 Å². The third-order valence-corrected chi connectivity index (χ3v) is 3.58. The molecule has 0 atom stereocenters. The number of amides is 1. The van der Waals surface area contributed by atoms with E-state index in [0.717, 1.165) is 16.7 Å². The zero-order chi connectivity index (χ0) is 15.9. The number of pyridine rings is 1. The second kappa shape index (κ2) is 5.28. The lowest BCUT2D eigenvalue weighted by atomic mass is 10.1. The van der Waals surface area contributed by atoms with E-state index in [-0.39, 0.29) is 6.09 Å². The molecule has 0 radical (unpaired) electrons. The first-order valence-electron chi connectivity index (χ1n) is 7.00. The van der Waals surface area contributed by atoms with Crippen molar-refractivity contribution in [1.29, 1.82) is 0 Å². The number of nitrogens with zero attached hydrogens (tertiary/aromatic N) is 3. The van der Waals surface area contributed by atoms with Crippen molar-refractivity contribution in [2.75, 3.05) is 13.1 Å². The van der Waals surface area contributed by atoms with E-state index >= 15 is 0 Å². The highest BCUT2D eigenvalue weighted by Gasteiger charge is 2.26. The Morgan fingerprint density at radius 2 is 2.23 bits per heavy atom. The molecule has 0 fully saturated rings. The molecule has 1 aliphatic rings. The van der Waals surface area contributed by atoms with Crippen LogP contribution in [0.25, 0.3) is 16.6 Å². The van der Waals surface area contributed by atoms with Gasteiger partial charge in [-0.2, -0.15) is 5.10 Å². The van der Waals surface area contributed by atoms with Crippen molar-refractivity contribution in [3.8, 4) is 0 Å². The number of fused-ring (bicyclic) bond motifs is 1. The average molecular weight is 321 g/mol. The number of hydrogen-bond acceptors (Lipinski definition) is 4. The fourth-order valence-corrected chi connectivity index (χ4v) is 2.50. The molecular formula is C15H17ClN4O2. The minimum Gasteiger partial charge on any atom is -0.444 e. The molecule has 0 saturated heterocycles. The van der Waals surface area contributed by atoms with Crippen molar-refractivity contribution in [1.82, 2.24) is 20.1 Å². The number of rotatable bonds is 1. The van der Waals surface area contributed by atoms with Gasteiger partial charge in [0, 0.05) is 6.54 Å². The van der Waals surface area contributed by atoms with Crippen molar-refractivity contribution in [3.63, 3.8) is 0 Å². The van der Waals surface area contributed by atoms with Gasteiger partial charge in [0.25, 0.3) is 0 Å². The van der Waals surface area contributed by atoms with E-state index in [0.29, 0.717) is 23.8 Å². The molecule has 1 amide bonds. The van der Waals surface area contributed by atoms with Gasteiger partial charge in [-0.15, -0.1) is 0 Å². The summed E-state index contributed by atoms with van der Waals surface area (Å²) in [5.41, 5.74) is 1.83. The predicted molar refractivity (Wildman–Crippen MR) is 84.7 cm³/mol. The minimum atomic E-state index is -0.504. The Hall–Kier alpha value is -2.08. The van der Waals surface area contributed by atoms with Crippen LogP contribution >= 0.6 is 11.6 Å². The lowest BCUT2D eigenvalue weighted by Gasteiger charge is -2.24. The van der Waals surface area contributed by atoms with E-state index < -0.39 is 5.60 Å². The highest BCUT2D eigenvalue weighted by molar-refractivity contribution is 6.35. The fraction of sp³-hybridized carbons (Fsp3) is 0.400. The minimum absolute atomic E-state index is 0.326. The molecule has 0 bridgehead atoms. The van der Waals surface area contributed by atoms with Crippen LogP contribution in [-0.2, 0) is 4.74 Å². The lowest BCUT2D eigenvalue weighted by Crippen LogP contribution is -2.35. The molecule has 0 saturated carbocycles. The predicted octanol–water partition coefficient (Wildman–Crippen LogP) is 3.25. The molecule has 7 heteroatoms. The molecular weight excluding hydrogens is 304 g/mol. The largest absolute Gasteiger partial charge is 0.444 e. The second-order valence-electron chi connectivity index (χ2n) is 6.21. The molecule has 1 N–H and O–H groups in total. The second-order valence-corrected chi connectivity index (χ2v) is 6.62. The maximum Gasteiger partial charge on any atom is 0.410 e. The number of nitrogens with one attached hydrogen (secondary N) is 1. The standard InChI is InChI=1S/C15H17ClN4O2/c1-15(2,3)22-14(21)20-5-4-9(8-20)12-6-11(16)10-7-17-19-13(10)18-12/h4,6-7H,5,8H2,1-3H3,(H,17,18,19). The maximum absolute atomic E-state index is 12.1. The molecule has 3 rings (SSSR count). The van der Waals surface area contributed by atoms with Gasteiger partial charge in [0.05, 0.1) is 28.8 Å². The number of carbonyl (C=O) groups excluding carboxylic acids is 1. The number of halogens is 1. The highest BCUT2D eigenvalue weighted by atomic mass is 35.5. The van der Waals surface area contributed by atoms with E-state index in [1.54, 1.807) is 17.2 Å². The Labute approximate surface area is 133 Å². The van der Waals surface area contributed by atoms with Crippen LogP contribution in [0.5, 0.6) is 0 Å². The molecule has 22 heavy (non-hydrogen) atoms. The number of aromatic nitrogens is 3. The van der Waals surface area contributed by atoms with E-state index in [2.05, 4.69) is 15.2 Å². The summed E-state index contributed by atoms with van der Waals surface area (Å²) >= 11 is 6.24. The smallest absolute Gasteiger partial charge is 0.410 e. The van der Waals surface area contributed by atoms with Crippen molar-refractivity contribution in [3.05, 3.63) is 29.1 Å². The highest BCUT2D eigenvalue weighted by Crippen LogP contribution is 2.27. The molecule has 2 aromatic rings. The average Bonchev–Trinajstić information content (AvgIpc) is 3.05. The Balaban J connectivity index is 1.78. The first kappa shape index (κ1) is 14.8. The summed E-state index contributed by atoms with van der Waals surface area (Å²) < 4.78 is 5.38. The molecule has 116 valence electrons. The zero-order valence-corrected chi connectivity index (χ0v) is 13.4. The third-order valence-electron chi connectivity index (χ3n) is 3.27. The van der Waals surface area contributed by atoms with Crippen molar-refractivity contribution >= 4 is 34.3 Å². The maximum atomic E-state index is 12.1. The van der Waals surface area contributed by atoms with Gasteiger partial charge in [0.15, 0.2) is 5.65 Å². The van der Waals surface area contributed by atoms with Gasteiger partial charge >= 0.3 is 6.09 Å². The van der Waals surface area contributed by atoms with Crippen LogP contribution in [0.2, 0.25) is 5.02 Å². The molecule has 1 aliphatic heterocycles. The van der Waals surface area contributed by atoms with Crippen LogP contribution in [-0.4, -0.2) is 44.9 Å². The monoisotopic (exact) mass is 320 g/mol. The molecule has 6 nitrogen and oxygen atoms in total. The topological polar surface area (TPSA) is 71.1 Å². The summed E-state index contributed by atoms with van der Waals surface area (Å²) in [6.45, 7) is 6.51. The number of hydrogen-bond donors (Lipinski definition) is 1. The van der Waals surface area contributed by atoms with E-state index in [4.69, 9.17) is 16.3 Å². The number of aromatic amines is 1. The summed E-state index contributed by atoms with van der Waals surface area (Å²) in [5, 5.41) is 8.12. The molecule has 3 heterocycles. The summed E-state index contributed by atoms with van der Waals surface area (Å²) in [7, 11) is 0. The molecule has 0 aliphatic carbocycles. The lowest BCUT2D eigenvalue weighted by molar-refractivity contribution is 0.0306. The summed E-state index contributed by atoms with van der Waals surface area (Å²) in [5.74, 6) is 0. The first-order chi connectivity index (χ1) is 10.3. The molecule has 0 spiro atoms. The molecule has 2 aromatic heterocycles. The first-order valence-corrected chi connectivity index (χ1v) is 7.38. The van der Waals surface area contributed by atoms with Crippen molar-refractivity contribution < 1.29 is 9.53 Å². The van der Waals surface area contributed by atoms with Crippen molar-refractivity contribution in [2.45, 2.75) is 26.4 Å². The Bertz CT molecular complexity index is 760. The van der Waals surface area contributed by atoms with Crippen LogP contribution in [0.15, 0.2) is 18.3 Å². The van der Waals surface area contributed by atoms with Crippen LogP contribution in [0.3, 0.4) is 0 Å². The van der Waals surface area contributed by atoms with Crippen LogP contribution < -0.4 is 0 Å². The third kappa shape index (κ3) is 2.92. The number of H-pyrrole nitrogens is 1. The molecule has 0 unspecified atom stereocenters. The van der Waals surface area contributed by atoms with E-state index in [1.165, 1.54) is 0 Å². The zero-order valence-electron chi connectivity index (χ0n) is 12.7. The van der Waals surface area contributed by atoms with Gasteiger partial charge in [0.2, 0.25) is 0 Å². The SMILES string of the molecule is CC(C)(C)OC(=O)N1CC=C(c2cc(Cl)c3cn[nH]c3n2)C1. The Kier molecular flexibility index (Phi) is 3.56. The van der Waals surface area contributed by atoms with Gasteiger partial charge in [-0.1, -0.05) is 17.7 Å². The normalized spacial score (nSPS) is 15.3. The van der Waals surface area contributed by atoms with E-state index in [1.807, 2.05) is 26.8 Å². The van der Waals surface area contributed by atoms with Crippen LogP contribution in [0.1, 0.15) is 26.5 Å². The van der Waals surface area contributed by atoms with Crippen LogP contribution in [0.4, 0.5) is 4.79 Å². The molecule has 0 aromatic carbocycles. The Morgan fingerprint density at radius 1 is 1.45 bits per heavy atom. The summed E-state index contributed by atoms with van der Waals surface area (Å²) in [4.78, 5) is 18.2. The van der Waals surface area contributed by atoms with Crippen molar-refractivity contribution in [2.24, 2.45) is 0 Å². The van der Waals surface area contributed by atoms with Gasteiger partial charge in [-0.05, 0) is 32.4 Å². The summed E-state index contributed by atoms with van der Waals surface area (Å²) in [6.07, 6.45) is 3.28. The number of carbonyl (C=O) groups is 1. The number of ether oxygens (including phenoxy) is 1. The van der Waals surface area contributed by atoms with Gasteiger partial charge in [-0.25, -0.2) is 9.78 Å². The quantitative estimate of drug-likeness (QED) is 0.875. The fourth-order valence-electron chi connectivity index (χ4n) is 2.26. The van der Waals surface area contributed by atoms with E-state index in [9.17, 15) is 4.79 Å². The van der Waals surface area contributed by atoms with Gasteiger partial charge < -0.3 is 9.64 Å². The Morgan fingerprint density at radius 3 is 2.95 bits per heavy atom. The van der Waals surface area contributed by atoms with Gasteiger partial charge in [-0.3, -0.25) is 5.10 Å².